The predicted octanol–water partition coefficient (Wildman–Crippen LogP) is 6.98. The van der Waals surface area contributed by atoms with Gasteiger partial charge in [-0.25, -0.2) is 20.0 Å². The van der Waals surface area contributed by atoms with Crippen LogP contribution < -0.4 is 0 Å². The quantitative estimate of drug-likeness (QED) is 0.253. The van der Waals surface area contributed by atoms with Crippen molar-refractivity contribution in [1.82, 2.24) is 19.8 Å². The molecule has 50 heavy (non-hydrogen) atoms. The molecule has 2 aromatic heterocycles. The molecule has 0 atom stereocenters. The molecule has 7 rings (SSSR count). The van der Waals surface area contributed by atoms with Crippen LogP contribution in [-0.4, -0.2) is 54.8 Å². The molecule has 2 fully saturated rings. The smallest absolute Gasteiger partial charge is 0.284 e. The highest BCUT2D eigenvalue weighted by molar-refractivity contribution is 8.20. The van der Waals surface area contributed by atoms with Gasteiger partial charge in [0.2, 0.25) is 10.3 Å². The number of aliphatic imine (C=N–C) groups is 2. The third-order valence-corrected chi connectivity index (χ3v) is 13.2. The topological polar surface area (TPSA) is 186 Å². The highest BCUT2D eigenvalue weighted by Crippen LogP contribution is 2.59. The number of thioether (sulfide) groups is 2. The third-order valence-electron chi connectivity index (χ3n) is 9.04. The van der Waals surface area contributed by atoms with Crippen LogP contribution in [0.4, 0.5) is 10.3 Å². The number of carbonyl (C=O) groups excluding carboxylic acids is 2. The molecule has 246 valence electrons. The lowest BCUT2D eigenvalue weighted by atomic mass is 9.81. The molecule has 0 bridgehead atoms. The Balaban J connectivity index is 1.26. The molecule has 2 saturated heterocycles. The largest absolute Gasteiger partial charge is 0.299 e. The van der Waals surface area contributed by atoms with Crippen molar-refractivity contribution in [3.05, 3.63) is 55.9 Å². The fourth-order valence-electron chi connectivity index (χ4n) is 6.49. The maximum Gasteiger partial charge on any atom is 0.284 e. The lowest BCUT2D eigenvalue weighted by Crippen LogP contribution is -2.26. The lowest BCUT2D eigenvalue weighted by molar-refractivity contribution is -0.121. The zero-order valence-electron chi connectivity index (χ0n) is 27.5. The molecule has 16 heteroatoms. The first-order valence-corrected chi connectivity index (χ1v) is 18.6. The SMILES string of the molecule is CCN1C(=O)C(=Nc2nc3c(s2)-c2cc4c(cc2C3(C)C)-c2sc(N=C3SC(=C(C#N)C#N)N(CC)C3=O)nc2C4(C)C)SC1=C(C#N)C#N. The fraction of sp³-hybridized carbons (Fsp3) is 0.294. The molecular weight excluding hydrogens is 709 g/mol. The summed E-state index contributed by atoms with van der Waals surface area (Å²) in [7, 11) is 0. The molecule has 1 aromatic carbocycles. The van der Waals surface area contributed by atoms with E-state index in [0.29, 0.717) is 23.4 Å². The Morgan fingerprint density at radius 2 is 1.06 bits per heavy atom. The molecule has 0 radical (unpaired) electrons. The molecule has 2 amide bonds. The van der Waals surface area contributed by atoms with Crippen LogP contribution in [0.3, 0.4) is 0 Å². The van der Waals surface area contributed by atoms with E-state index in [1.165, 1.54) is 32.5 Å². The minimum Gasteiger partial charge on any atom is -0.299 e. The highest BCUT2D eigenvalue weighted by Gasteiger charge is 2.46. The number of fused-ring (bicyclic) bond motifs is 6. The van der Waals surface area contributed by atoms with Crippen molar-refractivity contribution >= 4 is 78.4 Å². The van der Waals surface area contributed by atoms with Gasteiger partial charge in [0, 0.05) is 23.9 Å². The summed E-state index contributed by atoms with van der Waals surface area (Å²) in [6, 6.07) is 11.9. The van der Waals surface area contributed by atoms with Crippen LogP contribution >= 0.6 is 46.2 Å². The van der Waals surface area contributed by atoms with Gasteiger partial charge in [0.15, 0.2) is 21.2 Å². The van der Waals surface area contributed by atoms with Crippen LogP contribution in [0.5, 0.6) is 0 Å². The monoisotopic (exact) mass is 732 g/mol. The summed E-state index contributed by atoms with van der Waals surface area (Å²) in [6.45, 7) is 12.6. The number of rotatable bonds is 4. The molecule has 0 N–H and O–H groups in total. The zero-order valence-corrected chi connectivity index (χ0v) is 30.8. The van der Waals surface area contributed by atoms with Gasteiger partial charge in [-0.3, -0.25) is 19.4 Å². The summed E-state index contributed by atoms with van der Waals surface area (Å²) >= 11 is 4.84. The number of allylic oxidation sites excluding steroid dienone is 2. The Morgan fingerprint density at radius 3 is 1.38 bits per heavy atom. The molecule has 0 spiro atoms. The Labute approximate surface area is 303 Å². The van der Waals surface area contributed by atoms with Crippen molar-refractivity contribution in [3.63, 3.8) is 0 Å². The van der Waals surface area contributed by atoms with E-state index in [2.05, 4.69) is 49.8 Å². The van der Waals surface area contributed by atoms with Gasteiger partial charge in [0.25, 0.3) is 11.8 Å². The number of hydrogen-bond acceptors (Lipinski definition) is 14. The van der Waals surface area contributed by atoms with E-state index in [1.807, 2.05) is 24.3 Å². The van der Waals surface area contributed by atoms with E-state index in [1.54, 1.807) is 13.8 Å². The summed E-state index contributed by atoms with van der Waals surface area (Å²) in [5, 5.41) is 39.4. The van der Waals surface area contributed by atoms with Crippen LogP contribution in [0.1, 0.15) is 64.1 Å². The van der Waals surface area contributed by atoms with E-state index >= 15 is 0 Å². The molecule has 12 nitrogen and oxygen atoms in total. The van der Waals surface area contributed by atoms with Crippen LogP contribution in [0, 0.1) is 45.3 Å². The van der Waals surface area contributed by atoms with E-state index in [-0.39, 0.29) is 43.1 Å². The number of hydrogen-bond donors (Lipinski definition) is 0. The maximum absolute atomic E-state index is 13.1. The summed E-state index contributed by atoms with van der Waals surface area (Å²) in [5.41, 5.74) is 4.81. The van der Waals surface area contributed by atoms with E-state index in [9.17, 15) is 30.6 Å². The summed E-state index contributed by atoms with van der Waals surface area (Å²) < 4.78 is 0. The predicted molar refractivity (Wildman–Crippen MR) is 194 cm³/mol. The lowest BCUT2D eigenvalue weighted by Gasteiger charge is -2.23. The summed E-state index contributed by atoms with van der Waals surface area (Å²) in [6.07, 6.45) is 0. The van der Waals surface area contributed by atoms with Crippen molar-refractivity contribution < 1.29 is 9.59 Å². The van der Waals surface area contributed by atoms with E-state index in [0.717, 1.165) is 66.9 Å². The van der Waals surface area contributed by atoms with Crippen molar-refractivity contribution in [1.29, 1.82) is 21.0 Å². The van der Waals surface area contributed by atoms with Gasteiger partial charge in [0.05, 0.1) is 21.1 Å². The number of thiazole rings is 2. The summed E-state index contributed by atoms with van der Waals surface area (Å²) in [4.78, 5) is 50.0. The third kappa shape index (κ3) is 4.68. The van der Waals surface area contributed by atoms with Crippen molar-refractivity contribution in [2.45, 2.75) is 52.4 Å². The molecule has 0 unspecified atom stereocenters. The Bertz CT molecular complexity index is 2220. The van der Waals surface area contributed by atoms with Crippen molar-refractivity contribution in [2.24, 2.45) is 9.98 Å². The van der Waals surface area contributed by atoms with E-state index in [4.69, 9.17) is 9.97 Å². The van der Waals surface area contributed by atoms with Gasteiger partial charge in [-0.05, 0) is 71.8 Å². The second-order valence-corrected chi connectivity index (χ2v) is 16.4. The first-order chi connectivity index (χ1) is 23.8. The standard InChI is InChI=1S/C34H24N10O2S4/c1-7-43-27(45)25(49-29(43)15(11-35)12-36)41-31-39-23-21(47-31)17-9-20-18(10-19(17)33(23,3)4)22-24(34(20,5)6)40-32(48-22)42-26-28(46)44(8-2)30(50-26)16(13-37)14-38/h9-10H,7-8H2,1-6H3. The Kier molecular flexibility index (Phi) is 7.85. The molecule has 2 aliphatic carbocycles. The summed E-state index contributed by atoms with van der Waals surface area (Å²) in [5.74, 6) is -0.726. The Morgan fingerprint density at radius 1 is 0.700 bits per heavy atom. The second kappa shape index (κ2) is 11.8. The molecule has 4 aliphatic rings. The molecule has 0 saturated carbocycles. The normalized spacial score (nSPS) is 19.2. The van der Waals surface area contributed by atoms with Crippen LogP contribution in [-0.2, 0) is 20.4 Å². The number of nitrogens with zero attached hydrogens (tertiary/aromatic N) is 10. The highest BCUT2D eigenvalue weighted by atomic mass is 32.2. The first-order valence-electron chi connectivity index (χ1n) is 15.3. The molecule has 3 aromatic rings. The zero-order chi connectivity index (χ0) is 35.9. The molecule has 2 aliphatic heterocycles. The van der Waals surface area contributed by atoms with Crippen LogP contribution in [0.25, 0.3) is 20.9 Å². The number of carbonyl (C=O) groups is 2. The van der Waals surface area contributed by atoms with Gasteiger partial charge in [0.1, 0.15) is 34.3 Å². The van der Waals surface area contributed by atoms with Crippen LogP contribution in [0.15, 0.2) is 43.3 Å². The fourth-order valence-corrected chi connectivity index (χ4v) is 10.9. The second-order valence-electron chi connectivity index (χ2n) is 12.5. The van der Waals surface area contributed by atoms with Gasteiger partial charge in [-0.2, -0.15) is 21.0 Å². The molecule has 4 heterocycles. The number of benzene rings is 1. The van der Waals surface area contributed by atoms with Gasteiger partial charge >= 0.3 is 0 Å². The van der Waals surface area contributed by atoms with Crippen molar-refractivity contribution in [2.75, 3.05) is 13.1 Å². The van der Waals surface area contributed by atoms with E-state index < -0.39 is 10.8 Å². The minimum absolute atomic E-state index is 0.128. The number of amides is 2. The van der Waals surface area contributed by atoms with Gasteiger partial charge in [-0.1, -0.05) is 50.4 Å². The van der Waals surface area contributed by atoms with Gasteiger partial charge < -0.3 is 0 Å². The van der Waals surface area contributed by atoms with Gasteiger partial charge in [-0.15, -0.1) is 0 Å². The maximum atomic E-state index is 13.1. The average Bonchev–Trinajstić information content (AvgIpc) is 3.91. The molecular formula is C34H24N10O2S4. The van der Waals surface area contributed by atoms with Crippen molar-refractivity contribution in [3.8, 4) is 45.2 Å². The first kappa shape index (κ1) is 33.4. The number of nitriles is 4. The Hall–Kier alpha value is -5.10. The number of aromatic nitrogens is 2. The van der Waals surface area contributed by atoms with Crippen LogP contribution in [0.2, 0.25) is 0 Å². The average molecular weight is 733 g/mol. The minimum atomic E-state index is -0.476.